The molecule has 3 rings (SSSR count). The highest BCUT2D eigenvalue weighted by Gasteiger charge is 2.27. The summed E-state index contributed by atoms with van der Waals surface area (Å²) in [6.45, 7) is 9.95. The fourth-order valence-corrected chi connectivity index (χ4v) is 3.17. The lowest BCUT2D eigenvalue weighted by molar-refractivity contribution is 0.105. The van der Waals surface area contributed by atoms with Crippen LogP contribution in [0.5, 0.6) is 0 Å². The molecule has 2 heterocycles. The molecule has 0 atom stereocenters. The summed E-state index contributed by atoms with van der Waals surface area (Å²) in [6, 6.07) is 8.04. The zero-order chi connectivity index (χ0) is 15.6. The van der Waals surface area contributed by atoms with Gasteiger partial charge in [0.2, 0.25) is 0 Å². The molecule has 2 aromatic rings. The van der Waals surface area contributed by atoms with Crippen molar-refractivity contribution < 1.29 is 0 Å². The third-order valence-electron chi connectivity index (χ3n) is 4.65. The van der Waals surface area contributed by atoms with Crippen molar-refractivity contribution in [2.24, 2.45) is 0 Å². The summed E-state index contributed by atoms with van der Waals surface area (Å²) in [5.74, 6) is 0.906. The zero-order valence-corrected chi connectivity index (χ0v) is 13.9. The summed E-state index contributed by atoms with van der Waals surface area (Å²) >= 11 is 0. The van der Waals surface area contributed by atoms with Crippen molar-refractivity contribution >= 4 is 16.9 Å². The summed E-state index contributed by atoms with van der Waals surface area (Å²) in [4.78, 5) is 12.0. The second kappa shape index (κ2) is 6.21. The Morgan fingerprint density at radius 1 is 1.05 bits per heavy atom. The number of aromatic nitrogens is 2. The van der Waals surface area contributed by atoms with Crippen LogP contribution < -0.4 is 5.32 Å². The predicted octanol–water partition coefficient (Wildman–Crippen LogP) is 3.61. The minimum absolute atomic E-state index is 0.139. The molecule has 0 unspecified atom stereocenters. The molecular weight excluding hydrogens is 272 g/mol. The first-order valence-electron chi connectivity index (χ1n) is 8.28. The van der Waals surface area contributed by atoms with Crippen molar-refractivity contribution in [2.75, 3.05) is 25.0 Å². The molecular formula is C18H26N4. The van der Waals surface area contributed by atoms with E-state index in [9.17, 15) is 0 Å². The Balaban J connectivity index is 1.74. The third-order valence-corrected chi connectivity index (χ3v) is 4.65. The van der Waals surface area contributed by atoms with Gasteiger partial charge in [0.05, 0.1) is 16.7 Å². The van der Waals surface area contributed by atoms with Gasteiger partial charge in [0.1, 0.15) is 5.82 Å². The molecule has 0 amide bonds. The maximum atomic E-state index is 4.73. The quantitative estimate of drug-likeness (QED) is 0.936. The standard InChI is InChI=1S/C18H26N4/c1-14-17(21-16-10-6-5-9-15(16)20-14)19-13-18(2,3)22-11-7-4-8-12-22/h5-6,9-10H,4,7-8,11-13H2,1-3H3,(H,19,21). The smallest absolute Gasteiger partial charge is 0.148 e. The molecule has 0 spiro atoms. The lowest BCUT2D eigenvalue weighted by Crippen LogP contribution is -2.51. The van der Waals surface area contributed by atoms with Crippen molar-refractivity contribution in [1.82, 2.24) is 14.9 Å². The van der Waals surface area contributed by atoms with Crippen molar-refractivity contribution in [3.8, 4) is 0 Å². The minimum atomic E-state index is 0.139. The maximum Gasteiger partial charge on any atom is 0.148 e. The molecule has 1 saturated heterocycles. The highest BCUT2D eigenvalue weighted by molar-refractivity contribution is 5.76. The summed E-state index contributed by atoms with van der Waals surface area (Å²) in [6.07, 6.45) is 4.01. The van der Waals surface area contributed by atoms with Crippen molar-refractivity contribution in [3.63, 3.8) is 0 Å². The lowest BCUT2D eigenvalue weighted by atomic mass is 9.98. The van der Waals surface area contributed by atoms with E-state index in [1.807, 2.05) is 31.2 Å². The Morgan fingerprint density at radius 3 is 2.36 bits per heavy atom. The number of fused-ring (bicyclic) bond motifs is 1. The Labute approximate surface area is 133 Å². The summed E-state index contributed by atoms with van der Waals surface area (Å²) in [5, 5.41) is 3.53. The number of rotatable bonds is 4. The van der Waals surface area contributed by atoms with Crippen LogP contribution in [0.4, 0.5) is 5.82 Å². The van der Waals surface area contributed by atoms with Crippen molar-refractivity contribution in [1.29, 1.82) is 0 Å². The number of anilines is 1. The van der Waals surface area contributed by atoms with Gasteiger partial charge < -0.3 is 5.32 Å². The molecule has 0 bridgehead atoms. The van der Waals surface area contributed by atoms with Crippen molar-refractivity contribution in [2.45, 2.75) is 45.6 Å². The maximum absolute atomic E-state index is 4.73. The van der Waals surface area contributed by atoms with Gasteiger partial charge in [-0.2, -0.15) is 0 Å². The number of nitrogens with zero attached hydrogens (tertiary/aromatic N) is 3. The molecule has 0 radical (unpaired) electrons. The lowest BCUT2D eigenvalue weighted by Gasteiger charge is -2.41. The van der Waals surface area contributed by atoms with E-state index in [4.69, 9.17) is 4.98 Å². The van der Waals surface area contributed by atoms with Gasteiger partial charge in [-0.3, -0.25) is 4.90 Å². The molecule has 22 heavy (non-hydrogen) atoms. The van der Waals surface area contributed by atoms with Gasteiger partial charge in [0.15, 0.2) is 0 Å². The highest BCUT2D eigenvalue weighted by atomic mass is 15.2. The molecule has 1 N–H and O–H groups in total. The van der Waals surface area contributed by atoms with Gasteiger partial charge >= 0.3 is 0 Å². The Bertz CT molecular complexity index is 645. The van der Waals surface area contributed by atoms with E-state index in [0.717, 1.165) is 29.1 Å². The van der Waals surface area contributed by atoms with Crippen LogP contribution in [0.25, 0.3) is 11.0 Å². The normalized spacial score (nSPS) is 16.9. The van der Waals surface area contributed by atoms with E-state index in [2.05, 4.69) is 29.0 Å². The second-order valence-electron chi connectivity index (χ2n) is 6.86. The molecule has 4 nitrogen and oxygen atoms in total. The zero-order valence-electron chi connectivity index (χ0n) is 13.9. The molecule has 1 aliphatic heterocycles. The van der Waals surface area contributed by atoms with E-state index in [1.165, 1.54) is 32.4 Å². The van der Waals surface area contributed by atoms with Crippen molar-refractivity contribution in [3.05, 3.63) is 30.0 Å². The average Bonchev–Trinajstić information content (AvgIpc) is 2.54. The predicted molar refractivity (Wildman–Crippen MR) is 92.3 cm³/mol. The minimum Gasteiger partial charge on any atom is -0.367 e. The van der Waals surface area contributed by atoms with E-state index in [1.54, 1.807) is 0 Å². The monoisotopic (exact) mass is 298 g/mol. The van der Waals surface area contributed by atoms with Gasteiger partial charge in [-0.15, -0.1) is 0 Å². The number of hydrogen-bond donors (Lipinski definition) is 1. The van der Waals surface area contributed by atoms with Crippen LogP contribution in [0.1, 0.15) is 38.8 Å². The molecule has 4 heteroatoms. The van der Waals surface area contributed by atoms with Gasteiger partial charge in [-0.05, 0) is 58.8 Å². The van der Waals surface area contributed by atoms with Crippen LogP contribution >= 0.6 is 0 Å². The SMILES string of the molecule is Cc1nc2ccccc2nc1NCC(C)(C)N1CCCCC1. The van der Waals surface area contributed by atoms with E-state index >= 15 is 0 Å². The second-order valence-corrected chi connectivity index (χ2v) is 6.86. The Hall–Kier alpha value is -1.68. The van der Waals surface area contributed by atoms with Gasteiger partial charge in [-0.25, -0.2) is 9.97 Å². The van der Waals surface area contributed by atoms with Gasteiger partial charge in [-0.1, -0.05) is 18.6 Å². The largest absolute Gasteiger partial charge is 0.367 e. The molecule has 1 aliphatic rings. The fraction of sp³-hybridized carbons (Fsp3) is 0.556. The molecule has 0 saturated carbocycles. The van der Waals surface area contributed by atoms with Crippen LogP contribution in [-0.4, -0.2) is 40.0 Å². The molecule has 1 fully saturated rings. The number of benzene rings is 1. The summed E-state index contributed by atoms with van der Waals surface area (Å²) in [5.41, 5.74) is 3.01. The first kappa shape index (κ1) is 15.2. The van der Waals surface area contributed by atoms with Crippen LogP contribution in [0.15, 0.2) is 24.3 Å². The van der Waals surface area contributed by atoms with Crippen LogP contribution in [0, 0.1) is 6.92 Å². The van der Waals surface area contributed by atoms with Gasteiger partial charge in [0.25, 0.3) is 0 Å². The molecule has 1 aromatic carbocycles. The van der Waals surface area contributed by atoms with E-state index < -0.39 is 0 Å². The number of piperidine rings is 1. The van der Waals surface area contributed by atoms with E-state index in [0.29, 0.717) is 0 Å². The number of likely N-dealkylation sites (tertiary alicyclic amines) is 1. The van der Waals surface area contributed by atoms with Gasteiger partial charge in [0, 0.05) is 12.1 Å². The van der Waals surface area contributed by atoms with Crippen LogP contribution in [0.3, 0.4) is 0 Å². The first-order chi connectivity index (χ1) is 10.6. The first-order valence-corrected chi connectivity index (χ1v) is 8.28. The highest BCUT2D eigenvalue weighted by Crippen LogP contribution is 2.22. The molecule has 118 valence electrons. The van der Waals surface area contributed by atoms with E-state index in [-0.39, 0.29) is 5.54 Å². The van der Waals surface area contributed by atoms with Crippen LogP contribution in [0.2, 0.25) is 0 Å². The third kappa shape index (κ3) is 3.22. The number of nitrogens with one attached hydrogen (secondary N) is 1. The molecule has 0 aliphatic carbocycles. The number of aryl methyl sites for hydroxylation is 1. The summed E-state index contributed by atoms with van der Waals surface area (Å²) < 4.78 is 0. The number of hydrogen-bond acceptors (Lipinski definition) is 4. The Kier molecular flexibility index (Phi) is 4.30. The van der Waals surface area contributed by atoms with Crippen LogP contribution in [-0.2, 0) is 0 Å². The average molecular weight is 298 g/mol. The Morgan fingerprint density at radius 2 is 1.68 bits per heavy atom. The fourth-order valence-electron chi connectivity index (χ4n) is 3.17. The number of para-hydroxylation sites is 2. The summed E-state index contributed by atoms with van der Waals surface area (Å²) in [7, 11) is 0. The topological polar surface area (TPSA) is 41.1 Å². The molecule has 1 aromatic heterocycles.